The van der Waals surface area contributed by atoms with Gasteiger partial charge in [-0.05, 0) is 92.9 Å². The summed E-state index contributed by atoms with van der Waals surface area (Å²) in [6.45, 7) is 7.85. The Morgan fingerprint density at radius 2 is 1.70 bits per heavy atom. The molecule has 2 bridgehead atoms. The second kappa shape index (κ2) is 5.95. The molecule has 30 heavy (non-hydrogen) atoms. The maximum atomic E-state index is 10.8. The summed E-state index contributed by atoms with van der Waals surface area (Å²) in [7, 11) is 0. The predicted octanol–water partition coefficient (Wildman–Crippen LogP) is 5.05. The highest BCUT2D eigenvalue weighted by Gasteiger charge is 2.70. The summed E-state index contributed by atoms with van der Waals surface area (Å²) in [4.78, 5) is 0. The highest BCUT2D eigenvalue weighted by atomic mass is 16.6. The van der Waals surface area contributed by atoms with E-state index in [1.807, 2.05) is 12.1 Å². The van der Waals surface area contributed by atoms with Gasteiger partial charge in [0, 0.05) is 16.7 Å². The van der Waals surface area contributed by atoms with Gasteiger partial charge in [0.2, 0.25) is 0 Å². The van der Waals surface area contributed by atoms with Crippen molar-refractivity contribution in [3.63, 3.8) is 0 Å². The van der Waals surface area contributed by atoms with Crippen LogP contribution in [0.4, 0.5) is 0 Å². The molecule has 2 aliphatic heterocycles. The molecule has 1 saturated heterocycles. The van der Waals surface area contributed by atoms with Gasteiger partial charge in [0.1, 0.15) is 17.1 Å². The molecule has 8 atom stereocenters. The first-order valence-electron chi connectivity index (χ1n) is 12.0. The van der Waals surface area contributed by atoms with Crippen molar-refractivity contribution in [3.05, 3.63) is 23.8 Å². The van der Waals surface area contributed by atoms with Gasteiger partial charge < -0.3 is 19.7 Å². The third kappa shape index (κ3) is 2.25. The normalized spacial score (nSPS) is 51.6. The number of ether oxygens (including phenoxy) is 2. The van der Waals surface area contributed by atoms with E-state index in [1.54, 1.807) is 6.07 Å². The summed E-state index contributed by atoms with van der Waals surface area (Å²) in [5.74, 6) is 2.89. The minimum atomic E-state index is -0.609. The number of hydrogen-bond donors (Lipinski definition) is 2. The maximum Gasteiger partial charge on any atom is 0.160 e. The molecule has 5 aliphatic rings. The summed E-state index contributed by atoms with van der Waals surface area (Å²) in [6, 6.07) is 5.59. The van der Waals surface area contributed by atoms with Crippen LogP contribution in [0, 0.1) is 34.0 Å². The summed E-state index contributed by atoms with van der Waals surface area (Å²) in [5.41, 5.74) is 1.30. The summed E-state index contributed by atoms with van der Waals surface area (Å²) >= 11 is 0. The van der Waals surface area contributed by atoms with E-state index in [4.69, 9.17) is 9.47 Å². The van der Waals surface area contributed by atoms with Crippen LogP contribution in [0.1, 0.15) is 71.3 Å². The highest BCUT2D eigenvalue weighted by molar-refractivity contribution is 5.43. The molecule has 0 aromatic heterocycles. The van der Waals surface area contributed by atoms with Crippen LogP contribution >= 0.6 is 0 Å². The molecule has 6 rings (SSSR count). The lowest BCUT2D eigenvalue weighted by Gasteiger charge is -2.71. The molecule has 1 aromatic carbocycles. The Hall–Kier alpha value is -1.26. The van der Waals surface area contributed by atoms with Gasteiger partial charge in [0.05, 0.1) is 6.61 Å². The number of aliphatic hydroxyl groups excluding tert-OH is 1. The molecule has 0 radical (unpaired) electrons. The van der Waals surface area contributed by atoms with Crippen molar-refractivity contribution in [2.24, 2.45) is 34.0 Å². The molecule has 4 fully saturated rings. The van der Waals surface area contributed by atoms with Crippen LogP contribution in [-0.4, -0.2) is 28.7 Å². The molecule has 3 saturated carbocycles. The molecule has 2 N–H and O–H groups in total. The fraction of sp³-hybridized carbons (Fsp3) is 0.769. The van der Waals surface area contributed by atoms with Crippen LogP contribution in [0.3, 0.4) is 0 Å². The monoisotopic (exact) mass is 412 g/mol. The van der Waals surface area contributed by atoms with E-state index in [0.29, 0.717) is 23.5 Å². The average Bonchev–Trinajstić information content (AvgIpc) is 2.70. The molecule has 3 aliphatic carbocycles. The van der Waals surface area contributed by atoms with Crippen molar-refractivity contribution in [2.75, 3.05) is 6.61 Å². The van der Waals surface area contributed by atoms with Crippen molar-refractivity contribution in [3.8, 4) is 11.5 Å². The van der Waals surface area contributed by atoms with Gasteiger partial charge in [0.25, 0.3) is 0 Å². The number of benzene rings is 1. The fourth-order valence-corrected chi connectivity index (χ4v) is 9.32. The van der Waals surface area contributed by atoms with Crippen molar-refractivity contribution < 1.29 is 19.7 Å². The van der Waals surface area contributed by atoms with Crippen LogP contribution in [0.5, 0.6) is 11.5 Å². The molecule has 0 amide bonds. The van der Waals surface area contributed by atoms with E-state index in [2.05, 4.69) is 20.8 Å². The summed E-state index contributed by atoms with van der Waals surface area (Å²) in [6.07, 6.45) is 8.54. The van der Waals surface area contributed by atoms with Crippen LogP contribution in [0.2, 0.25) is 0 Å². The standard InChI is InChI=1S/C26H36O4/c1-23-11-7-20-24(2)9-4-10-26(20,15-29-22(24)28)19(23)8-12-25(3)21(23)14-16-13-17(27)5-6-18(16)30-25/h5-6,13,19-22,27-28H,4,7-12,14-15H2,1-3H3/t19?,20-,21?,22+,23+,24?,25-,26-/m0/s1. The molecular weight excluding hydrogens is 376 g/mol. The molecule has 1 aromatic rings. The van der Waals surface area contributed by atoms with Crippen LogP contribution in [0.25, 0.3) is 0 Å². The largest absolute Gasteiger partial charge is 0.508 e. The van der Waals surface area contributed by atoms with Gasteiger partial charge in [-0.3, -0.25) is 0 Å². The minimum Gasteiger partial charge on any atom is -0.508 e. The number of fused-ring (bicyclic) bond motifs is 4. The second-order valence-corrected chi connectivity index (χ2v) is 11.9. The van der Waals surface area contributed by atoms with E-state index >= 15 is 0 Å². The van der Waals surface area contributed by atoms with Gasteiger partial charge in [-0.25, -0.2) is 0 Å². The Labute approximate surface area is 180 Å². The molecular formula is C26H36O4. The Kier molecular flexibility index (Phi) is 3.85. The van der Waals surface area contributed by atoms with E-state index < -0.39 is 6.29 Å². The summed E-state index contributed by atoms with van der Waals surface area (Å²) in [5, 5.41) is 20.8. The molecule has 0 spiro atoms. The number of aliphatic hydroxyl groups is 1. The van der Waals surface area contributed by atoms with Crippen molar-refractivity contribution in [1.29, 1.82) is 0 Å². The molecule has 4 nitrogen and oxygen atoms in total. The quantitative estimate of drug-likeness (QED) is 0.626. The van der Waals surface area contributed by atoms with Crippen molar-refractivity contribution in [2.45, 2.75) is 84.0 Å². The minimum absolute atomic E-state index is 0.0972. The Bertz CT molecular complexity index is 884. The third-order valence-corrected chi connectivity index (χ3v) is 10.7. The highest BCUT2D eigenvalue weighted by Crippen LogP contribution is 2.72. The van der Waals surface area contributed by atoms with E-state index in [9.17, 15) is 10.2 Å². The second-order valence-electron chi connectivity index (χ2n) is 11.9. The zero-order valence-corrected chi connectivity index (χ0v) is 18.6. The smallest absolute Gasteiger partial charge is 0.160 e. The lowest BCUT2D eigenvalue weighted by atomic mass is 9.36. The van der Waals surface area contributed by atoms with Crippen molar-refractivity contribution in [1.82, 2.24) is 0 Å². The number of rotatable bonds is 0. The Balaban J connectivity index is 1.42. The number of hydrogen-bond acceptors (Lipinski definition) is 4. The zero-order valence-electron chi connectivity index (χ0n) is 18.6. The van der Waals surface area contributed by atoms with Gasteiger partial charge in [-0.2, -0.15) is 0 Å². The predicted molar refractivity (Wildman–Crippen MR) is 114 cm³/mol. The molecule has 3 unspecified atom stereocenters. The number of aromatic hydroxyl groups is 1. The third-order valence-electron chi connectivity index (χ3n) is 10.7. The van der Waals surface area contributed by atoms with Crippen LogP contribution in [0.15, 0.2) is 18.2 Å². The van der Waals surface area contributed by atoms with Gasteiger partial charge in [-0.1, -0.05) is 20.3 Å². The van der Waals surface area contributed by atoms with Gasteiger partial charge >= 0.3 is 0 Å². The van der Waals surface area contributed by atoms with E-state index in [1.165, 1.54) is 32.1 Å². The van der Waals surface area contributed by atoms with Crippen LogP contribution in [-0.2, 0) is 11.2 Å². The Morgan fingerprint density at radius 3 is 2.53 bits per heavy atom. The fourth-order valence-electron chi connectivity index (χ4n) is 9.32. The first-order chi connectivity index (χ1) is 14.2. The molecule has 164 valence electrons. The lowest BCUT2D eigenvalue weighted by molar-refractivity contribution is -0.327. The van der Waals surface area contributed by atoms with Crippen LogP contribution < -0.4 is 4.74 Å². The zero-order chi connectivity index (χ0) is 20.9. The molecule has 4 heteroatoms. The number of phenolic OH excluding ortho intramolecular Hbond substituents is 1. The van der Waals surface area contributed by atoms with Gasteiger partial charge in [-0.15, -0.1) is 0 Å². The van der Waals surface area contributed by atoms with Crippen molar-refractivity contribution >= 4 is 0 Å². The topological polar surface area (TPSA) is 58.9 Å². The first-order valence-corrected chi connectivity index (χ1v) is 12.0. The van der Waals surface area contributed by atoms with E-state index in [-0.39, 0.29) is 21.8 Å². The first kappa shape index (κ1) is 19.4. The average molecular weight is 413 g/mol. The number of phenols is 1. The Morgan fingerprint density at radius 1 is 0.933 bits per heavy atom. The summed E-state index contributed by atoms with van der Waals surface area (Å²) < 4.78 is 12.8. The maximum absolute atomic E-state index is 10.8. The lowest BCUT2D eigenvalue weighted by Crippen LogP contribution is -2.69. The molecule has 2 heterocycles. The van der Waals surface area contributed by atoms with Gasteiger partial charge in [0.15, 0.2) is 6.29 Å². The SMILES string of the molecule is CC12CCC[C@]3(CO[C@H]1O)C1CC[C@]4(C)Oc5ccc(O)cc5CC4[C@]1(C)CC[C@@H]23. The van der Waals surface area contributed by atoms with E-state index in [0.717, 1.165) is 37.2 Å².